The van der Waals surface area contributed by atoms with Crippen molar-refractivity contribution in [1.29, 1.82) is 0 Å². The Morgan fingerprint density at radius 1 is 1.04 bits per heavy atom. The van der Waals surface area contributed by atoms with Crippen molar-refractivity contribution in [2.45, 2.75) is 6.92 Å². The van der Waals surface area contributed by atoms with Crippen molar-refractivity contribution < 1.29 is 14.3 Å². The minimum absolute atomic E-state index is 0.112. The lowest BCUT2D eigenvalue weighted by molar-refractivity contribution is -0.114. The van der Waals surface area contributed by atoms with Gasteiger partial charge >= 0.3 is 0 Å². The Bertz CT molecular complexity index is 1220. The lowest BCUT2D eigenvalue weighted by Crippen LogP contribution is -2.05. The summed E-state index contributed by atoms with van der Waals surface area (Å²) in [4.78, 5) is 15.8. The van der Waals surface area contributed by atoms with Gasteiger partial charge in [-0.05, 0) is 42.5 Å². The van der Waals surface area contributed by atoms with Crippen molar-refractivity contribution in [1.82, 2.24) is 14.6 Å². The Morgan fingerprint density at radius 2 is 1.93 bits per heavy atom. The number of carbonyl (C=O) groups excluding carboxylic acids is 1. The van der Waals surface area contributed by atoms with E-state index < -0.39 is 0 Å². The van der Waals surface area contributed by atoms with E-state index in [4.69, 9.17) is 14.6 Å². The van der Waals surface area contributed by atoms with E-state index in [1.807, 2.05) is 54.6 Å². The SMILES string of the molecule is CC(=O)Nc1cccc(-c2cnc3ccc(-c4ccc5c(c4)OCO5)nn23)c1. The fourth-order valence-electron chi connectivity index (χ4n) is 3.24. The van der Waals surface area contributed by atoms with Crippen molar-refractivity contribution in [3.05, 3.63) is 60.8 Å². The molecule has 5 rings (SSSR count). The zero-order valence-electron chi connectivity index (χ0n) is 15.0. The molecule has 3 heterocycles. The summed E-state index contributed by atoms with van der Waals surface area (Å²) >= 11 is 0. The molecule has 0 aliphatic carbocycles. The van der Waals surface area contributed by atoms with Gasteiger partial charge in [0.05, 0.1) is 17.6 Å². The van der Waals surface area contributed by atoms with E-state index in [0.29, 0.717) is 5.75 Å². The zero-order valence-corrected chi connectivity index (χ0v) is 15.0. The molecule has 0 spiro atoms. The molecule has 28 heavy (non-hydrogen) atoms. The Hall–Kier alpha value is -3.87. The number of rotatable bonds is 3. The number of ether oxygens (including phenoxy) is 2. The molecule has 0 fully saturated rings. The summed E-state index contributed by atoms with van der Waals surface area (Å²) in [6, 6.07) is 17.2. The van der Waals surface area contributed by atoms with Gasteiger partial charge in [-0.3, -0.25) is 4.79 Å². The van der Waals surface area contributed by atoms with Crippen LogP contribution < -0.4 is 14.8 Å². The van der Waals surface area contributed by atoms with Crippen LogP contribution in [0.3, 0.4) is 0 Å². The highest BCUT2D eigenvalue weighted by Gasteiger charge is 2.15. The van der Waals surface area contributed by atoms with Gasteiger partial charge in [0.2, 0.25) is 12.7 Å². The van der Waals surface area contributed by atoms with Gasteiger partial charge in [0.1, 0.15) is 0 Å². The fourth-order valence-corrected chi connectivity index (χ4v) is 3.24. The van der Waals surface area contributed by atoms with Crippen LogP contribution in [-0.2, 0) is 4.79 Å². The summed E-state index contributed by atoms with van der Waals surface area (Å²) in [5.41, 5.74) is 4.94. The van der Waals surface area contributed by atoms with Gasteiger partial charge < -0.3 is 14.8 Å². The lowest BCUT2D eigenvalue weighted by Gasteiger charge is -2.07. The second-order valence-corrected chi connectivity index (χ2v) is 6.46. The van der Waals surface area contributed by atoms with Gasteiger partial charge in [-0.25, -0.2) is 9.50 Å². The number of fused-ring (bicyclic) bond motifs is 2. The number of nitrogens with zero attached hydrogens (tertiary/aromatic N) is 3. The van der Waals surface area contributed by atoms with Gasteiger partial charge in [0.15, 0.2) is 17.1 Å². The van der Waals surface area contributed by atoms with E-state index in [1.165, 1.54) is 6.92 Å². The first kappa shape index (κ1) is 16.3. The van der Waals surface area contributed by atoms with Crippen LogP contribution in [0.1, 0.15) is 6.92 Å². The van der Waals surface area contributed by atoms with Gasteiger partial charge in [-0.2, -0.15) is 5.10 Å². The number of aromatic nitrogens is 3. The maximum Gasteiger partial charge on any atom is 0.231 e. The molecule has 138 valence electrons. The number of benzene rings is 2. The first-order valence-corrected chi connectivity index (χ1v) is 8.80. The topological polar surface area (TPSA) is 77.8 Å². The summed E-state index contributed by atoms with van der Waals surface area (Å²) < 4.78 is 12.6. The Balaban J connectivity index is 1.58. The van der Waals surface area contributed by atoms with Crippen molar-refractivity contribution in [3.8, 4) is 34.0 Å². The molecule has 7 nitrogen and oxygen atoms in total. The molecule has 0 atom stereocenters. The second kappa shape index (κ2) is 6.38. The van der Waals surface area contributed by atoms with E-state index in [2.05, 4.69) is 10.3 Å². The monoisotopic (exact) mass is 372 g/mol. The second-order valence-electron chi connectivity index (χ2n) is 6.46. The first-order valence-electron chi connectivity index (χ1n) is 8.80. The molecular weight excluding hydrogens is 356 g/mol. The number of anilines is 1. The third-order valence-corrected chi connectivity index (χ3v) is 4.51. The summed E-state index contributed by atoms with van der Waals surface area (Å²) in [6.45, 7) is 1.72. The van der Waals surface area contributed by atoms with Gasteiger partial charge in [0, 0.05) is 23.7 Å². The number of carbonyl (C=O) groups is 1. The predicted octanol–water partition coefficient (Wildman–Crippen LogP) is 3.75. The van der Waals surface area contributed by atoms with E-state index >= 15 is 0 Å². The minimum Gasteiger partial charge on any atom is -0.454 e. The van der Waals surface area contributed by atoms with Crippen molar-refractivity contribution >= 4 is 17.2 Å². The molecule has 2 aromatic carbocycles. The molecule has 1 aliphatic rings. The maximum atomic E-state index is 11.3. The van der Waals surface area contributed by atoms with Gasteiger partial charge in [0.25, 0.3) is 0 Å². The van der Waals surface area contributed by atoms with Crippen LogP contribution in [0.25, 0.3) is 28.2 Å². The molecule has 7 heteroatoms. The highest BCUT2D eigenvalue weighted by Crippen LogP contribution is 2.35. The molecule has 4 aromatic rings. The third-order valence-electron chi connectivity index (χ3n) is 4.51. The van der Waals surface area contributed by atoms with Gasteiger partial charge in [-0.15, -0.1) is 0 Å². The van der Waals surface area contributed by atoms with E-state index in [9.17, 15) is 4.79 Å². The van der Waals surface area contributed by atoms with Crippen molar-refractivity contribution in [2.75, 3.05) is 12.1 Å². The number of imidazole rings is 1. The highest BCUT2D eigenvalue weighted by molar-refractivity contribution is 5.89. The van der Waals surface area contributed by atoms with Crippen LogP contribution in [0.4, 0.5) is 5.69 Å². The number of nitrogens with one attached hydrogen (secondary N) is 1. The standard InChI is InChI=1S/C21H16N4O3/c1-13(26)23-16-4-2-3-15(9-16)18-11-22-21-8-6-17(24-25(18)21)14-5-7-19-20(10-14)28-12-27-19/h2-11H,12H2,1H3,(H,23,26). The Labute approximate surface area is 160 Å². The van der Waals surface area contributed by atoms with Crippen LogP contribution in [0, 0.1) is 0 Å². The summed E-state index contributed by atoms with van der Waals surface area (Å²) in [5, 5.41) is 7.57. The van der Waals surface area contributed by atoms with Crippen LogP contribution in [0.15, 0.2) is 60.8 Å². The van der Waals surface area contributed by atoms with Crippen molar-refractivity contribution in [3.63, 3.8) is 0 Å². The smallest absolute Gasteiger partial charge is 0.231 e. The first-order chi connectivity index (χ1) is 13.7. The van der Waals surface area contributed by atoms with E-state index in [1.54, 1.807) is 10.7 Å². The summed E-state index contributed by atoms with van der Waals surface area (Å²) in [6.07, 6.45) is 1.78. The fraction of sp³-hybridized carbons (Fsp3) is 0.0952. The minimum atomic E-state index is -0.112. The van der Waals surface area contributed by atoms with Crippen molar-refractivity contribution in [2.24, 2.45) is 0 Å². The quantitative estimate of drug-likeness (QED) is 0.593. The number of hydrogen-bond acceptors (Lipinski definition) is 5. The summed E-state index contributed by atoms with van der Waals surface area (Å²) in [7, 11) is 0. The molecule has 1 N–H and O–H groups in total. The normalized spacial score (nSPS) is 12.3. The molecule has 0 bridgehead atoms. The highest BCUT2D eigenvalue weighted by atomic mass is 16.7. The van der Waals surface area contributed by atoms with Crippen LogP contribution in [-0.4, -0.2) is 27.3 Å². The largest absolute Gasteiger partial charge is 0.454 e. The van der Waals surface area contributed by atoms with Crippen LogP contribution in [0.2, 0.25) is 0 Å². The number of hydrogen-bond donors (Lipinski definition) is 1. The van der Waals surface area contributed by atoms with E-state index in [-0.39, 0.29) is 12.7 Å². The molecule has 0 saturated heterocycles. The van der Waals surface area contributed by atoms with Crippen LogP contribution >= 0.6 is 0 Å². The Kier molecular flexibility index (Phi) is 3.72. The molecular formula is C21H16N4O3. The molecule has 1 amide bonds. The molecule has 0 radical (unpaired) electrons. The lowest BCUT2D eigenvalue weighted by atomic mass is 10.1. The molecule has 0 saturated carbocycles. The summed E-state index contributed by atoms with van der Waals surface area (Å²) in [5.74, 6) is 1.34. The average molecular weight is 372 g/mol. The van der Waals surface area contributed by atoms with Gasteiger partial charge in [-0.1, -0.05) is 12.1 Å². The average Bonchev–Trinajstić information content (AvgIpc) is 3.33. The zero-order chi connectivity index (χ0) is 19.1. The molecule has 2 aromatic heterocycles. The van der Waals surface area contributed by atoms with E-state index in [0.717, 1.165) is 39.6 Å². The Morgan fingerprint density at radius 3 is 2.82 bits per heavy atom. The number of amides is 1. The molecule has 1 aliphatic heterocycles. The predicted molar refractivity (Wildman–Crippen MR) is 104 cm³/mol. The third kappa shape index (κ3) is 2.83. The maximum absolute atomic E-state index is 11.3. The molecule has 0 unspecified atom stereocenters. The van der Waals surface area contributed by atoms with Crippen LogP contribution in [0.5, 0.6) is 11.5 Å².